The zero-order valence-electron chi connectivity index (χ0n) is 20.3. The Morgan fingerprint density at radius 2 is 1.41 bits per heavy atom. The number of fused-ring (bicyclic) bond motifs is 3. The van der Waals surface area contributed by atoms with Crippen LogP contribution in [0.15, 0.2) is 35.3 Å². The Labute approximate surface area is 202 Å². The van der Waals surface area contributed by atoms with Gasteiger partial charge in [-0.3, -0.25) is 4.99 Å². The lowest BCUT2D eigenvalue weighted by Crippen LogP contribution is -2.29. The summed E-state index contributed by atoms with van der Waals surface area (Å²) in [5.74, 6) is 5.08. The van der Waals surface area contributed by atoms with E-state index in [9.17, 15) is 0 Å². The Morgan fingerprint density at radius 3 is 2.12 bits per heavy atom. The van der Waals surface area contributed by atoms with Gasteiger partial charge in [0.05, 0.1) is 39.2 Å². The molecule has 0 saturated heterocycles. The minimum absolute atomic E-state index is 0.316. The molecule has 4 aliphatic rings. The second-order valence-electron chi connectivity index (χ2n) is 10.4. The molecule has 0 N–H and O–H groups in total. The minimum Gasteiger partial charge on any atom is -0.493 e. The van der Waals surface area contributed by atoms with Crippen molar-refractivity contribution in [2.24, 2.45) is 16.8 Å². The van der Waals surface area contributed by atoms with E-state index in [2.05, 4.69) is 30.3 Å². The molecule has 0 amide bonds. The van der Waals surface area contributed by atoms with E-state index < -0.39 is 0 Å². The molecule has 180 valence electrons. The first-order chi connectivity index (χ1) is 16.7. The number of ether oxygens (including phenoxy) is 4. The Kier molecular flexibility index (Phi) is 5.88. The molecule has 0 spiro atoms. The molecule has 2 aromatic carbocycles. The van der Waals surface area contributed by atoms with Crippen molar-refractivity contribution in [1.29, 1.82) is 0 Å². The zero-order valence-corrected chi connectivity index (χ0v) is 20.3. The minimum atomic E-state index is 0.316. The van der Waals surface area contributed by atoms with Crippen molar-refractivity contribution < 1.29 is 18.9 Å². The normalized spacial score (nSPS) is 23.4. The van der Waals surface area contributed by atoms with Crippen LogP contribution in [0, 0.1) is 11.8 Å². The number of hydrogen-bond acceptors (Lipinski definition) is 5. The van der Waals surface area contributed by atoms with Gasteiger partial charge < -0.3 is 18.9 Å². The molecule has 3 fully saturated rings. The van der Waals surface area contributed by atoms with E-state index in [1.165, 1.54) is 50.5 Å². The molecule has 0 radical (unpaired) electrons. The molecular formula is C29H35NO4. The van der Waals surface area contributed by atoms with Gasteiger partial charge in [-0.15, -0.1) is 0 Å². The molecule has 3 saturated carbocycles. The molecule has 3 aliphatic carbocycles. The van der Waals surface area contributed by atoms with Crippen LogP contribution in [-0.4, -0.2) is 39.2 Å². The molecule has 2 aromatic rings. The van der Waals surface area contributed by atoms with Crippen LogP contribution in [0.5, 0.6) is 23.0 Å². The highest BCUT2D eigenvalue weighted by molar-refractivity contribution is 6.15. The standard InChI is InChI=1S/C29H35NO4/c1-31-26-14-22-21-5-3-4-6-24(21)30-29(23(22)15-27(26)32-2)20-11-12-25(33-16-18-7-8-18)28(13-20)34-17-19-9-10-19/h11-15,18-19,21,24H,3-10,16-17H2,1-2H3. The van der Waals surface area contributed by atoms with Crippen LogP contribution in [-0.2, 0) is 0 Å². The Bertz CT molecular complexity index is 1090. The summed E-state index contributed by atoms with van der Waals surface area (Å²) in [6, 6.07) is 11.0. The Hall–Kier alpha value is -2.69. The third kappa shape index (κ3) is 4.37. The molecule has 34 heavy (non-hydrogen) atoms. The van der Waals surface area contributed by atoms with Gasteiger partial charge in [0.2, 0.25) is 0 Å². The highest BCUT2D eigenvalue weighted by Crippen LogP contribution is 2.45. The maximum Gasteiger partial charge on any atom is 0.161 e. The third-order valence-corrected chi connectivity index (χ3v) is 7.79. The predicted octanol–water partition coefficient (Wildman–Crippen LogP) is 6.16. The lowest BCUT2D eigenvalue weighted by molar-refractivity contribution is 0.253. The van der Waals surface area contributed by atoms with Crippen LogP contribution in [0.4, 0.5) is 0 Å². The summed E-state index contributed by atoms with van der Waals surface area (Å²) < 4.78 is 23.8. The first-order valence-electron chi connectivity index (χ1n) is 13.0. The van der Waals surface area contributed by atoms with Gasteiger partial charge in [0.25, 0.3) is 0 Å². The molecule has 0 aromatic heterocycles. The average molecular weight is 462 g/mol. The van der Waals surface area contributed by atoms with E-state index in [-0.39, 0.29) is 0 Å². The number of rotatable bonds is 9. The van der Waals surface area contributed by atoms with Crippen molar-refractivity contribution >= 4 is 5.71 Å². The molecule has 0 bridgehead atoms. The fourth-order valence-electron chi connectivity index (χ4n) is 5.37. The van der Waals surface area contributed by atoms with Crippen molar-refractivity contribution in [3.8, 4) is 23.0 Å². The van der Waals surface area contributed by atoms with E-state index >= 15 is 0 Å². The van der Waals surface area contributed by atoms with E-state index in [4.69, 9.17) is 23.9 Å². The van der Waals surface area contributed by atoms with Gasteiger partial charge in [0.15, 0.2) is 23.0 Å². The molecule has 2 unspecified atom stereocenters. The van der Waals surface area contributed by atoms with Crippen molar-refractivity contribution in [3.05, 3.63) is 47.0 Å². The van der Waals surface area contributed by atoms with Crippen molar-refractivity contribution in [2.75, 3.05) is 27.4 Å². The fraction of sp³-hybridized carbons (Fsp3) is 0.552. The highest BCUT2D eigenvalue weighted by Gasteiger charge is 2.35. The summed E-state index contributed by atoms with van der Waals surface area (Å²) in [6.07, 6.45) is 9.89. The second-order valence-corrected chi connectivity index (χ2v) is 10.4. The van der Waals surface area contributed by atoms with Crippen molar-refractivity contribution in [2.45, 2.75) is 63.3 Å². The molecule has 6 rings (SSSR count). The summed E-state index contributed by atoms with van der Waals surface area (Å²) in [7, 11) is 3.41. The van der Waals surface area contributed by atoms with Gasteiger partial charge in [-0.1, -0.05) is 12.8 Å². The molecule has 5 nitrogen and oxygen atoms in total. The van der Waals surface area contributed by atoms with E-state index in [1.807, 2.05) is 0 Å². The lowest BCUT2D eigenvalue weighted by atomic mass is 9.75. The van der Waals surface area contributed by atoms with Gasteiger partial charge in [0.1, 0.15) is 0 Å². The summed E-state index contributed by atoms with van der Waals surface area (Å²) in [4.78, 5) is 5.33. The first-order valence-corrected chi connectivity index (χ1v) is 13.0. The summed E-state index contributed by atoms with van der Waals surface area (Å²) in [5, 5.41) is 0. The smallest absolute Gasteiger partial charge is 0.161 e. The molecular weight excluding hydrogens is 426 g/mol. The fourth-order valence-corrected chi connectivity index (χ4v) is 5.37. The van der Waals surface area contributed by atoms with Crippen molar-refractivity contribution in [3.63, 3.8) is 0 Å². The average Bonchev–Trinajstić information content (AvgIpc) is 3.80. The van der Waals surface area contributed by atoms with Gasteiger partial charge >= 0.3 is 0 Å². The highest BCUT2D eigenvalue weighted by atomic mass is 16.5. The maximum atomic E-state index is 6.30. The number of hydrogen-bond donors (Lipinski definition) is 0. The van der Waals surface area contributed by atoms with Crippen LogP contribution >= 0.6 is 0 Å². The van der Waals surface area contributed by atoms with Gasteiger partial charge in [-0.25, -0.2) is 0 Å². The van der Waals surface area contributed by atoms with Gasteiger partial charge in [-0.05, 0) is 86.3 Å². The van der Waals surface area contributed by atoms with Crippen LogP contribution in [0.3, 0.4) is 0 Å². The molecule has 1 heterocycles. The monoisotopic (exact) mass is 461 g/mol. The van der Waals surface area contributed by atoms with Crippen LogP contribution < -0.4 is 18.9 Å². The first kappa shape index (κ1) is 21.8. The van der Waals surface area contributed by atoms with E-state index in [1.54, 1.807) is 14.2 Å². The molecule has 2 atom stereocenters. The van der Waals surface area contributed by atoms with E-state index in [0.29, 0.717) is 23.8 Å². The number of aliphatic imine (C=N–C) groups is 1. The Balaban J connectivity index is 1.39. The summed E-state index contributed by atoms with van der Waals surface area (Å²) >= 11 is 0. The molecule has 5 heteroatoms. The third-order valence-electron chi connectivity index (χ3n) is 7.79. The number of methoxy groups -OCH3 is 2. The van der Waals surface area contributed by atoms with Crippen molar-refractivity contribution in [1.82, 2.24) is 0 Å². The van der Waals surface area contributed by atoms with E-state index in [0.717, 1.165) is 59.5 Å². The lowest BCUT2D eigenvalue weighted by Gasteiger charge is -2.36. The van der Waals surface area contributed by atoms with Crippen LogP contribution in [0.25, 0.3) is 0 Å². The summed E-state index contributed by atoms with van der Waals surface area (Å²) in [6.45, 7) is 1.55. The largest absolute Gasteiger partial charge is 0.493 e. The SMILES string of the molecule is COc1cc2c(cc1OC)C1CCCCC1N=C2c1ccc(OCC2CC2)c(OCC2CC2)c1. The summed E-state index contributed by atoms with van der Waals surface area (Å²) in [5.41, 5.74) is 4.61. The number of nitrogens with zero attached hydrogens (tertiary/aromatic N) is 1. The van der Waals surface area contributed by atoms with Gasteiger partial charge in [-0.2, -0.15) is 0 Å². The quantitative estimate of drug-likeness (QED) is 0.449. The predicted molar refractivity (Wildman–Crippen MR) is 133 cm³/mol. The van der Waals surface area contributed by atoms with Crippen LogP contribution in [0.1, 0.15) is 74.0 Å². The van der Waals surface area contributed by atoms with Gasteiger partial charge in [0, 0.05) is 17.0 Å². The topological polar surface area (TPSA) is 49.3 Å². The Morgan fingerprint density at radius 1 is 0.735 bits per heavy atom. The number of benzene rings is 2. The molecule has 1 aliphatic heterocycles. The zero-order chi connectivity index (χ0) is 23.1. The van der Waals surface area contributed by atoms with Crippen LogP contribution in [0.2, 0.25) is 0 Å². The maximum absolute atomic E-state index is 6.30. The second kappa shape index (κ2) is 9.16.